The molecule has 9 nitrogen and oxygen atoms in total. The van der Waals surface area contributed by atoms with Gasteiger partial charge in [0.05, 0.1) is 29.8 Å². The Morgan fingerprint density at radius 1 is 1.05 bits per heavy atom. The fourth-order valence-electron chi connectivity index (χ4n) is 4.54. The van der Waals surface area contributed by atoms with Crippen molar-refractivity contribution in [3.63, 3.8) is 0 Å². The number of rotatable bonds is 8. The molecule has 4 aromatic carbocycles. The van der Waals surface area contributed by atoms with Gasteiger partial charge in [0.2, 0.25) is 5.82 Å². The molecule has 0 fully saturated rings. The number of fused-ring (bicyclic) bond motifs is 2. The van der Waals surface area contributed by atoms with Gasteiger partial charge in [-0.05, 0) is 48.0 Å². The molecule has 6 aromatic rings. The van der Waals surface area contributed by atoms with Crippen LogP contribution in [0.2, 0.25) is 5.02 Å². The van der Waals surface area contributed by atoms with Crippen LogP contribution in [0.5, 0.6) is 11.5 Å². The number of halogens is 1. The molecule has 2 aromatic heterocycles. The molecule has 0 saturated heterocycles. The third kappa shape index (κ3) is 5.21. The van der Waals surface area contributed by atoms with E-state index in [9.17, 15) is 14.7 Å². The number of furan rings is 1. The number of carboxylic acid groups (broad SMARTS) is 1. The summed E-state index contributed by atoms with van der Waals surface area (Å²) in [4.78, 5) is 29.8. The molecule has 42 heavy (non-hydrogen) atoms. The van der Waals surface area contributed by atoms with Gasteiger partial charge in [0.1, 0.15) is 12.2 Å². The number of hydrogen-bond acceptors (Lipinski definition) is 7. The lowest BCUT2D eigenvalue weighted by Gasteiger charge is -2.14. The molecular formula is C32H22ClN3O6. The summed E-state index contributed by atoms with van der Waals surface area (Å²) in [5, 5.41) is 15.5. The number of benzene rings is 4. The highest BCUT2D eigenvalue weighted by molar-refractivity contribution is 6.31. The van der Waals surface area contributed by atoms with Crippen LogP contribution < -0.4 is 15.0 Å². The average molecular weight is 580 g/mol. The van der Waals surface area contributed by atoms with Gasteiger partial charge in [0.25, 0.3) is 5.56 Å². The number of aromatic carboxylic acids is 1. The molecule has 2 heterocycles. The van der Waals surface area contributed by atoms with E-state index >= 15 is 0 Å². The first-order valence-electron chi connectivity index (χ1n) is 12.8. The van der Waals surface area contributed by atoms with Crippen molar-refractivity contribution in [2.75, 3.05) is 7.11 Å². The zero-order chi connectivity index (χ0) is 29.2. The Hall–Kier alpha value is -5.41. The SMILES string of the molecule is COc1cc(Cl)cc(C=Nn2c(-c3cc4ccccc4o3)nc3ccccc3c2=O)c1OCc1cccc(C(=O)O)c1. The van der Waals surface area contributed by atoms with Crippen molar-refractivity contribution in [1.29, 1.82) is 0 Å². The maximum absolute atomic E-state index is 13.7. The van der Waals surface area contributed by atoms with Crippen LogP contribution in [0.15, 0.2) is 105 Å². The fraction of sp³-hybridized carbons (Fsp3) is 0.0625. The first kappa shape index (κ1) is 26.8. The van der Waals surface area contributed by atoms with E-state index in [1.165, 1.54) is 30.1 Å². The van der Waals surface area contributed by atoms with Crippen LogP contribution in [0.4, 0.5) is 0 Å². The van der Waals surface area contributed by atoms with Crippen molar-refractivity contribution in [3.05, 3.63) is 123 Å². The summed E-state index contributed by atoms with van der Waals surface area (Å²) in [6.45, 7) is 0.0433. The number of nitrogens with zero attached hydrogens (tertiary/aromatic N) is 3. The monoisotopic (exact) mass is 579 g/mol. The van der Waals surface area contributed by atoms with Crippen LogP contribution in [0.1, 0.15) is 21.5 Å². The lowest BCUT2D eigenvalue weighted by atomic mass is 10.1. The third-order valence-electron chi connectivity index (χ3n) is 6.54. The largest absolute Gasteiger partial charge is 0.493 e. The Morgan fingerprint density at radius 2 is 1.86 bits per heavy atom. The number of ether oxygens (including phenoxy) is 2. The van der Waals surface area contributed by atoms with E-state index in [0.29, 0.717) is 49.9 Å². The minimum Gasteiger partial charge on any atom is -0.493 e. The van der Waals surface area contributed by atoms with Gasteiger partial charge in [-0.25, -0.2) is 9.78 Å². The van der Waals surface area contributed by atoms with E-state index in [1.807, 2.05) is 24.3 Å². The second-order valence-corrected chi connectivity index (χ2v) is 9.72. The van der Waals surface area contributed by atoms with Crippen molar-refractivity contribution in [1.82, 2.24) is 9.66 Å². The molecule has 1 N–H and O–H groups in total. The molecule has 208 valence electrons. The number of hydrogen-bond donors (Lipinski definition) is 1. The molecule has 0 aliphatic carbocycles. The summed E-state index contributed by atoms with van der Waals surface area (Å²) in [7, 11) is 1.47. The second kappa shape index (κ2) is 11.2. The quantitative estimate of drug-likeness (QED) is 0.201. The van der Waals surface area contributed by atoms with Crippen LogP contribution in [-0.2, 0) is 6.61 Å². The van der Waals surface area contributed by atoms with Gasteiger partial charge in [-0.1, -0.05) is 54.1 Å². The van der Waals surface area contributed by atoms with Crippen LogP contribution in [-0.4, -0.2) is 34.1 Å². The Balaban J connectivity index is 1.45. The molecule has 0 aliphatic rings. The highest BCUT2D eigenvalue weighted by Gasteiger charge is 2.18. The summed E-state index contributed by atoms with van der Waals surface area (Å²) in [6.07, 6.45) is 1.43. The first-order valence-corrected chi connectivity index (χ1v) is 13.2. The van der Waals surface area contributed by atoms with Crippen LogP contribution in [0.3, 0.4) is 0 Å². The topological polar surface area (TPSA) is 116 Å². The molecule has 0 saturated carbocycles. The molecule has 0 atom stereocenters. The summed E-state index contributed by atoms with van der Waals surface area (Å²) in [6, 6.07) is 25.9. The maximum Gasteiger partial charge on any atom is 0.335 e. The van der Waals surface area contributed by atoms with E-state index in [0.717, 1.165) is 5.39 Å². The van der Waals surface area contributed by atoms with Crippen LogP contribution in [0.25, 0.3) is 33.5 Å². The molecule has 0 bridgehead atoms. The van der Waals surface area contributed by atoms with Crippen molar-refractivity contribution >= 4 is 45.7 Å². The number of methoxy groups -OCH3 is 1. The Morgan fingerprint density at radius 3 is 2.67 bits per heavy atom. The van der Waals surface area contributed by atoms with Gasteiger partial charge in [0, 0.05) is 22.0 Å². The van der Waals surface area contributed by atoms with E-state index < -0.39 is 11.5 Å². The normalized spacial score (nSPS) is 11.4. The van der Waals surface area contributed by atoms with Gasteiger partial charge < -0.3 is 19.0 Å². The lowest BCUT2D eigenvalue weighted by molar-refractivity contribution is 0.0696. The number of carboxylic acids is 1. The van der Waals surface area contributed by atoms with Crippen molar-refractivity contribution in [2.45, 2.75) is 6.61 Å². The zero-order valence-electron chi connectivity index (χ0n) is 22.2. The zero-order valence-corrected chi connectivity index (χ0v) is 22.9. The van der Waals surface area contributed by atoms with Gasteiger partial charge in [0.15, 0.2) is 17.3 Å². The molecular weight excluding hydrogens is 558 g/mol. The summed E-state index contributed by atoms with van der Waals surface area (Å²) >= 11 is 6.38. The summed E-state index contributed by atoms with van der Waals surface area (Å²) in [5.74, 6) is 0.185. The Bertz CT molecular complexity index is 2030. The minimum atomic E-state index is -1.04. The highest BCUT2D eigenvalue weighted by Crippen LogP contribution is 2.35. The third-order valence-corrected chi connectivity index (χ3v) is 6.76. The van der Waals surface area contributed by atoms with E-state index in [1.54, 1.807) is 54.6 Å². The maximum atomic E-state index is 13.7. The van der Waals surface area contributed by atoms with Gasteiger partial charge >= 0.3 is 5.97 Å². The van der Waals surface area contributed by atoms with Gasteiger partial charge in [-0.2, -0.15) is 9.78 Å². The van der Waals surface area contributed by atoms with Gasteiger partial charge in [-0.3, -0.25) is 4.79 Å². The minimum absolute atomic E-state index is 0.0433. The average Bonchev–Trinajstić information content (AvgIpc) is 3.44. The number of carbonyl (C=O) groups is 1. The van der Waals surface area contributed by atoms with E-state index in [-0.39, 0.29) is 18.0 Å². The smallest absolute Gasteiger partial charge is 0.335 e. The Labute approximate surface area is 243 Å². The van der Waals surface area contributed by atoms with E-state index in [2.05, 4.69) is 5.10 Å². The first-order chi connectivity index (χ1) is 20.4. The summed E-state index contributed by atoms with van der Waals surface area (Å²) in [5.41, 5.74) is 1.95. The number of para-hydroxylation sites is 2. The van der Waals surface area contributed by atoms with Crippen molar-refractivity contribution < 1.29 is 23.8 Å². The lowest BCUT2D eigenvalue weighted by Crippen LogP contribution is -2.20. The molecule has 10 heteroatoms. The van der Waals surface area contributed by atoms with Crippen LogP contribution >= 0.6 is 11.6 Å². The molecule has 0 unspecified atom stereocenters. The van der Waals surface area contributed by atoms with Crippen molar-refractivity contribution in [3.8, 4) is 23.1 Å². The van der Waals surface area contributed by atoms with E-state index in [4.69, 9.17) is 30.5 Å². The predicted molar refractivity (Wildman–Crippen MR) is 160 cm³/mol. The fourth-order valence-corrected chi connectivity index (χ4v) is 4.76. The standard InChI is InChI=1S/C32H22ClN3O6/c1-40-27-16-23(33)14-22(29(27)41-18-19-7-6-9-21(13-19)32(38)39)17-34-36-30(28-15-20-8-2-5-12-26(20)42-28)35-25-11-4-3-10-24(25)31(36)37/h2-17H,18H2,1H3,(H,38,39). The molecule has 6 rings (SSSR count). The second-order valence-electron chi connectivity index (χ2n) is 9.28. The number of aromatic nitrogens is 2. The molecule has 0 aliphatic heterocycles. The van der Waals surface area contributed by atoms with Crippen molar-refractivity contribution in [2.24, 2.45) is 5.10 Å². The summed E-state index contributed by atoms with van der Waals surface area (Å²) < 4.78 is 18.8. The highest BCUT2D eigenvalue weighted by atomic mass is 35.5. The molecule has 0 amide bonds. The Kier molecular flexibility index (Phi) is 7.16. The molecule has 0 spiro atoms. The van der Waals surface area contributed by atoms with Crippen LogP contribution in [0, 0.1) is 0 Å². The predicted octanol–water partition coefficient (Wildman–Crippen LogP) is 6.63. The van der Waals surface area contributed by atoms with Gasteiger partial charge in [-0.15, -0.1) is 0 Å². The molecule has 0 radical (unpaired) electrons.